The third-order valence-corrected chi connectivity index (χ3v) is 3.41. The molecule has 0 aromatic heterocycles. The largest absolute Gasteiger partial charge is 0.392 e. The molecule has 0 fully saturated rings. The summed E-state index contributed by atoms with van der Waals surface area (Å²) in [6, 6.07) is 0.561. The van der Waals surface area contributed by atoms with Crippen LogP contribution in [0, 0.1) is 0 Å². The predicted molar refractivity (Wildman–Crippen MR) is 61.4 cm³/mol. The lowest BCUT2D eigenvalue weighted by atomic mass is 10.2. The first-order valence-corrected chi connectivity index (χ1v) is 6.23. The molecule has 0 heterocycles. The number of hydrogen-bond acceptors (Lipinski definition) is 3. The van der Waals surface area contributed by atoms with Gasteiger partial charge in [0.25, 0.3) is 0 Å². The van der Waals surface area contributed by atoms with Crippen molar-refractivity contribution in [1.82, 2.24) is 4.90 Å². The van der Waals surface area contributed by atoms with E-state index in [0.717, 1.165) is 18.7 Å². The molecule has 3 heteroatoms. The fourth-order valence-electron chi connectivity index (χ4n) is 1.06. The molecule has 2 unspecified atom stereocenters. The van der Waals surface area contributed by atoms with Crippen molar-refractivity contribution in [2.45, 2.75) is 39.3 Å². The monoisotopic (exact) mass is 205 g/mol. The van der Waals surface area contributed by atoms with E-state index in [2.05, 4.69) is 25.8 Å². The van der Waals surface area contributed by atoms with Crippen LogP contribution in [0.3, 0.4) is 0 Å². The minimum atomic E-state index is -0.168. The summed E-state index contributed by atoms with van der Waals surface area (Å²) in [5, 5.41) is 9.45. The average molecular weight is 205 g/mol. The Morgan fingerprint density at radius 2 is 2.00 bits per heavy atom. The summed E-state index contributed by atoms with van der Waals surface area (Å²) in [5.74, 6) is 2.33. The number of likely N-dealkylation sites (N-methyl/N-ethyl adjacent to an activating group) is 1. The van der Waals surface area contributed by atoms with E-state index in [4.69, 9.17) is 0 Å². The molecule has 0 saturated heterocycles. The van der Waals surface area contributed by atoms with Crippen LogP contribution >= 0.6 is 11.8 Å². The third kappa shape index (κ3) is 6.36. The van der Waals surface area contributed by atoms with Gasteiger partial charge in [0.1, 0.15) is 0 Å². The Labute approximate surface area is 86.7 Å². The number of thioether (sulfide) groups is 1. The van der Waals surface area contributed by atoms with Crippen molar-refractivity contribution in [3.05, 3.63) is 0 Å². The van der Waals surface area contributed by atoms with Crippen LogP contribution in [-0.2, 0) is 0 Å². The van der Waals surface area contributed by atoms with E-state index in [0.29, 0.717) is 6.04 Å². The van der Waals surface area contributed by atoms with Gasteiger partial charge in [-0.25, -0.2) is 0 Å². The number of aliphatic hydroxyl groups is 1. The topological polar surface area (TPSA) is 23.5 Å². The second-order valence-electron chi connectivity index (χ2n) is 3.51. The standard InChI is InChI=1S/C10H23NOS/c1-5-10(12)7-11(4)9(3)8-13-6-2/h9-10,12H,5-8H2,1-4H3. The van der Waals surface area contributed by atoms with Crippen LogP contribution in [0.5, 0.6) is 0 Å². The molecular formula is C10H23NOS. The second kappa shape index (κ2) is 7.65. The molecule has 0 aromatic carbocycles. The summed E-state index contributed by atoms with van der Waals surface area (Å²) in [6.45, 7) is 7.20. The molecule has 1 N–H and O–H groups in total. The van der Waals surface area contributed by atoms with E-state index in [9.17, 15) is 5.11 Å². The molecule has 13 heavy (non-hydrogen) atoms. The molecule has 0 saturated carbocycles. The SMILES string of the molecule is CCSCC(C)N(C)CC(O)CC. The normalized spacial score (nSPS) is 16.2. The van der Waals surface area contributed by atoms with Gasteiger partial charge in [0.2, 0.25) is 0 Å². The molecule has 2 atom stereocenters. The number of rotatable bonds is 7. The van der Waals surface area contributed by atoms with E-state index in [-0.39, 0.29) is 6.10 Å². The van der Waals surface area contributed by atoms with Crippen molar-refractivity contribution < 1.29 is 5.11 Å². The Kier molecular flexibility index (Phi) is 7.81. The molecule has 0 aliphatic heterocycles. The zero-order valence-electron chi connectivity index (χ0n) is 9.29. The molecule has 0 rings (SSSR count). The maximum atomic E-state index is 9.45. The summed E-state index contributed by atoms with van der Waals surface area (Å²) in [7, 11) is 2.08. The molecule has 0 aliphatic rings. The maximum absolute atomic E-state index is 9.45. The van der Waals surface area contributed by atoms with Gasteiger partial charge in [-0.1, -0.05) is 13.8 Å². The van der Waals surface area contributed by atoms with Crippen molar-refractivity contribution in [2.75, 3.05) is 25.1 Å². The zero-order valence-corrected chi connectivity index (χ0v) is 10.1. The van der Waals surface area contributed by atoms with Gasteiger partial charge in [0.15, 0.2) is 0 Å². The summed E-state index contributed by atoms with van der Waals surface area (Å²) < 4.78 is 0. The van der Waals surface area contributed by atoms with Crippen LogP contribution in [0.2, 0.25) is 0 Å². The van der Waals surface area contributed by atoms with Crippen molar-refractivity contribution in [3.8, 4) is 0 Å². The molecule has 0 radical (unpaired) electrons. The summed E-state index contributed by atoms with van der Waals surface area (Å²) in [5.41, 5.74) is 0. The highest BCUT2D eigenvalue weighted by Gasteiger charge is 2.11. The Morgan fingerprint density at radius 3 is 2.46 bits per heavy atom. The molecule has 0 bridgehead atoms. The lowest BCUT2D eigenvalue weighted by Gasteiger charge is -2.26. The van der Waals surface area contributed by atoms with Gasteiger partial charge >= 0.3 is 0 Å². The molecule has 0 spiro atoms. The lowest BCUT2D eigenvalue weighted by molar-refractivity contribution is 0.109. The number of hydrogen-bond donors (Lipinski definition) is 1. The van der Waals surface area contributed by atoms with E-state index in [1.165, 1.54) is 5.75 Å². The maximum Gasteiger partial charge on any atom is 0.0664 e. The first-order valence-electron chi connectivity index (χ1n) is 5.07. The van der Waals surface area contributed by atoms with Gasteiger partial charge in [-0.15, -0.1) is 0 Å². The van der Waals surface area contributed by atoms with Crippen LogP contribution in [0.25, 0.3) is 0 Å². The highest BCUT2D eigenvalue weighted by Crippen LogP contribution is 2.07. The smallest absolute Gasteiger partial charge is 0.0664 e. The van der Waals surface area contributed by atoms with Crippen molar-refractivity contribution in [2.24, 2.45) is 0 Å². The highest BCUT2D eigenvalue weighted by molar-refractivity contribution is 7.99. The minimum absolute atomic E-state index is 0.168. The molecule has 80 valence electrons. The number of nitrogens with zero attached hydrogens (tertiary/aromatic N) is 1. The Bertz CT molecular complexity index is 121. The molecule has 0 aliphatic carbocycles. The van der Waals surface area contributed by atoms with E-state index < -0.39 is 0 Å². The van der Waals surface area contributed by atoms with Gasteiger partial charge in [-0.3, -0.25) is 0 Å². The minimum Gasteiger partial charge on any atom is -0.392 e. The number of aliphatic hydroxyl groups excluding tert-OH is 1. The van der Waals surface area contributed by atoms with Crippen LogP contribution in [0.15, 0.2) is 0 Å². The van der Waals surface area contributed by atoms with Crippen LogP contribution in [-0.4, -0.2) is 47.3 Å². The average Bonchev–Trinajstić information content (AvgIpc) is 2.13. The fraction of sp³-hybridized carbons (Fsp3) is 1.00. The van der Waals surface area contributed by atoms with Gasteiger partial charge in [-0.05, 0) is 26.1 Å². The van der Waals surface area contributed by atoms with Crippen molar-refractivity contribution >= 4 is 11.8 Å². The van der Waals surface area contributed by atoms with E-state index >= 15 is 0 Å². The molecular weight excluding hydrogens is 182 g/mol. The summed E-state index contributed by atoms with van der Waals surface area (Å²) in [4.78, 5) is 2.23. The lowest BCUT2D eigenvalue weighted by Crippen LogP contribution is -2.37. The third-order valence-electron chi connectivity index (χ3n) is 2.29. The van der Waals surface area contributed by atoms with Gasteiger partial charge in [-0.2, -0.15) is 11.8 Å². The van der Waals surface area contributed by atoms with Gasteiger partial charge in [0.05, 0.1) is 6.10 Å². The summed E-state index contributed by atoms with van der Waals surface area (Å²) >= 11 is 1.96. The van der Waals surface area contributed by atoms with Crippen molar-refractivity contribution in [3.63, 3.8) is 0 Å². The predicted octanol–water partition coefficient (Wildman–Crippen LogP) is 1.83. The Morgan fingerprint density at radius 1 is 1.38 bits per heavy atom. The van der Waals surface area contributed by atoms with E-state index in [1.807, 2.05) is 18.7 Å². The zero-order chi connectivity index (χ0) is 10.3. The fourth-order valence-corrected chi connectivity index (χ4v) is 1.89. The molecule has 2 nitrogen and oxygen atoms in total. The Hall–Kier alpha value is 0.270. The van der Waals surface area contributed by atoms with Crippen LogP contribution in [0.1, 0.15) is 27.2 Å². The first kappa shape index (κ1) is 13.3. The van der Waals surface area contributed by atoms with Gasteiger partial charge in [0, 0.05) is 18.3 Å². The van der Waals surface area contributed by atoms with Crippen molar-refractivity contribution in [1.29, 1.82) is 0 Å². The van der Waals surface area contributed by atoms with Crippen LogP contribution in [0.4, 0.5) is 0 Å². The molecule has 0 aromatic rings. The Balaban J connectivity index is 3.61. The van der Waals surface area contributed by atoms with E-state index in [1.54, 1.807) is 0 Å². The highest BCUT2D eigenvalue weighted by atomic mass is 32.2. The van der Waals surface area contributed by atoms with Crippen LogP contribution < -0.4 is 0 Å². The molecule has 0 amide bonds. The summed E-state index contributed by atoms with van der Waals surface area (Å²) in [6.07, 6.45) is 0.678. The second-order valence-corrected chi connectivity index (χ2v) is 4.83. The van der Waals surface area contributed by atoms with Gasteiger partial charge < -0.3 is 10.0 Å². The first-order chi connectivity index (χ1) is 6.11. The quantitative estimate of drug-likeness (QED) is 0.686.